The molecule has 0 saturated heterocycles. The van der Waals surface area contributed by atoms with Crippen LogP contribution in [0.15, 0.2) is 72.8 Å². The Morgan fingerprint density at radius 1 is 0.953 bits per heavy atom. The van der Waals surface area contributed by atoms with Crippen LogP contribution in [0.25, 0.3) is 0 Å². The van der Waals surface area contributed by atoms with E-state index in [1.807, 2.05) is 30.3 Å². The average molecular weight is 649 g/mol. The predicted octanol–water partition coefficient (Wildman–Crippen LogP) is 6.38. The first-order valence-corrected chi connectivity index (χ1v) is 16.9. The van der Waals surface area contributed by atoms with Crippen molar-refractivity contribution in [1.82, 2.24) is 10.2 Å². The molecule has 1 atom stereocenters. The molecule has 1 saturated carbocycles. The van der Waals surface area contributed by atoms with E-state index in [0.717, 1.165) is 41.8 Å². The van der Waals surface area contributed by atoms with Crippen molar-refractivity contribution in [3.05, 3.63) is 99.8 Å². The highest BCUT2D eigenvalue weighted by Crippen LogP contribution is 2.28. The first-order chi connectivity index (χ1) is 20.5. The van der Waals surface area contributed by atoms with E-state index in [2.05, 4.69) is 5.32 Å². The maximum absolute atomic E-state index is 14.5. The van der Waals surface area contributed by atoms with Gasteiger partial charge in [-0.05, 0) is 49.1 Å². The smallest absolute Gasteiger partial charge is 0.243 e. The number of rotatable bonds is 13. The number of sulfonamides is 1. The van der Waals surface area contributed by atoms with E-state index in [1.165, 1.54) is 23.1 Å². The Balaban J connectivity index is 1.63. The predicted molar refractivity (Wildman–Crippen MR) is 169 cm³/mol. The number of nitrogens with zero attached hydrogens (tertiary/aromatic N) is 2. The van der Waals surface area contributed by atoms with Crippen LogP contribution >= 0.6 is 23.2 Å². The van der Waals surface area contributed by atoms with Gasteiger partial charge in [-0.25, -0.2) is 12.8 Å². The lowest BCUT2D eigenvalue weighted by atomic mass is 10.0. The van der Waals surface area contributed by atoms with Crippen molar-refractivity contribution in [2.75, 3.05) is 17.1 Å². The molecule has 4 rings (SSSR count). The molecule has 3 aromatic carbocycles. The fraction of sp³-hybridized carbons (Fsp3) is 0.375. The molecule has 0 spiro atoms. The third-order valence-corrected chi connectivity index (χ3v) is 9.52. The normalized spacial score (nSPS) is 14.3. The summed E-state index contributed by atoms with van der Waals surface area (Å²) < 4.78 is 40.6. The van der Waals surface area contributed by atoms with Crippen LogP contribution in [0.1, 0.15) is 49.7 Å². The molecule has 1 N–H and O–H groups in total. The molecule has 43 heavy (non-hydrogen) atoms. The zero-order valence-corrected chi connectivity index (χ0v) is 26.3. The molecule has 3 aromatic rings. The summed E-state index contributed by atoms with van der Waals surface area (Å²) in [5.41, 5.74) is 1.30. The van der Waals surface area contributed by atoms with Gasteiger partial charge in [0.05, 0.1) is 11.9 Å². The van der Waals surface area contributed by atoms with Gasteiger partial charge in [0.25, 0.3) is 0 Å². The van der Waals surface area contributed by atoms with Crippen LogP contribution in [0.5, 0.6) is 0 Å². The Morgan fingerprint density at radius 3 is 2.21 bits per heavy atom. The Hall–Kier alpha value is -3.14. The number of nitrogens with one attached hydrogen (secondary N) is 1. The third kappa shape index (κ3) is 8.94. The van der Waals surface area contributed by atoms with Crippen LogP contribution in [0.3, 0.4) is 0 Å². The van der Waals surface area contributed by atoms with Gasteiger partial charge in [0.1, 0.15) is 11.9 Å². The summed E-state index contributed by atoms with van der Waals surface area (Å²) >= 11 is 13.0. The molecule has 1 aliphatic carbocycles. The summed E-state index contributed by atoms with van der Waals surface area (Å²) in [6.45, 7) is -0.139. The summed E-state index contributed by atoms with van der Waals surface area (Å²) in [6, 6.07) is 19.2. The lowest BCUT2D eigenvalue weighted by Crippen LogP contribution is -2.52. The van der Waals surface area contributed by atoms with Gasteiger partial charge in [-0.15, -0.1) is 0 Å². The van der Waals surface area contributed by atoms with E-state index < -0.39 is 21.9 Å². The van der Waals surface area contributed by atoms with Gasteiger partial charge in [0.15, 0.2) is 0 Å². The highest BCUT2D eigenvalue weighted by molar-refractivity contribution is 7.92. The summed E-state index contributed by atoms with van der Waals surface area (Å²) in [7, 11) is -3.83. The molecule has 1 aliphatic rings. The number of hydrogen-bond acceptors (Lipinski definition) is 4. The Morgan fingerprint density at radius 2 is 1.58 bits per heavy atom. The van der Waals surface area contributed by atoms with Crippen molar-refractivity contribution in [2.45, 2.75) is 63.6 Å². The second-order valence-corrected chi connectivity index (χ2v) is 13.5. The maximum atomic E-state index is 14.5. The number of benzene rings is 3. The molecule has 0 aliphatic heterocycles. The molecule has 230 valence electrons. The molecule has 0 unspecified atom stereocenters. The van der Waals surface area contributed by atoms with Crippen LogP contribution in [0.2, 0.25) is 10.0 Å². The first kappa shape index (κ1) is 32.8. The van der Waals surface area contributed by atoms with Gasteiger partial charge in [-0.2, -0.15) is 0 Å². The molecule has 1 fully saturated rings. The van der Waals surface area contributed by atoms with Crippen LogP contribution in [0, 0.1) is 5.82 Å². The van der Waals surface area contributed by atoms with Gasteiger partial charge in [-0.3, -0.25) is 13.9 Å². The number of carbonyl (C=O) groups excluding carboxylic acids is 2. The lowest BCUT2D eigenvalue weighted by molar-refractivity contribution is -0.141. The first-order valence-electron chi connectivity index (χ1n) is 14.3. The van der Waals surface area contributed by atoms with Gasteiger partial charge in [-0.1, -0.05) is 84.6 Å². The van der Waals surface area contributed by atoms with Crippen molar-refractivity contribution in [1.29, 1.82) is 0 Å². The van der Waals surface area contributed by atoms with Crippen LogP contribution in [0.4, 0.5) is 10.1 Å². The Bertz CT molecular complexity index is 1500. The van der Waals surface area contributed by atoms with Crippen molar-refractivity contribution >= 4 is 50.7 Å². The zero-order chi connectivity index (χ0) is 31.0. The monoisotopic (exact) mass is 647 g/mol. The second-order valence-electron chi connectivity index (χ2n) is 10.8. The summed E-state index contributed by atoms with van der Waals surface area (Å²) in [6.07, 6.45) is 5.08. The highest BCUT2D eigenvalue weighted by Gasteiger charge is 2.33. The Labute approximate surface area is 263 Å². The van der Waals surface area contributed by atoms with Crippen molar-refractivity contribution < 1.29 is 22.4 Å². The quantitative estimate of drug-likeness (QED) is 0.233. The van der Waals surface area contributed by atoms with E-state index in [4.69, 9.17) is 23.2 Å². The highest BCUT2D eigenvalue weighted by atomic mass is 35.5. The maximum Gasteiger partial charge on any atom is 0.243 e. The Kier molecular flexibility index (Phi) is 11.5. The molecule has 0 aromatic heterocycles. The zero-order valence-electron chi connectivity index (χ0n) is 24.0. The summed E-state index contributed by atoms with van der Waals surface area (Å²) in [5.74, 6) is -1.32. The van der Waals surface area contributed by atoms with Crippen LogP contribution in [-0.2, 0) is 32.6 Å². The number of hydrogen-bond donors (Lipinski definition) is 1. The van der Waals surface area contributed by atoms with Crippen molar-refractivity contribution in [3.8, 4) is 0 Å². The topological polar surface area (TPSA) is 86.8 Å². The van der Waals surface area contributed by atoms with E-state index in [1.54, 1.807) is 24.3 Å². The SMILES string of the molecule is CS(=O)(=O)N(CCCC(=O)N(Cc1c(Cl)cccc1Cl)[C@@H](Cc1ccccc1)C(=O)NC1CCCC1)c1ccccc1F. The van der Waals surface area contributed by atoms with E-state index in [9.17, 15) is 22.4 Å². The lowest BCUT2D eigenvalue weighted by Gasteiger charge is -2.33. The number of para-hydroxylation sites is 1. The fourth-order valence-electron chi connectivity index (χ4n) is 5.41. The van der Waals surface area contributed by atoms with E-state index in [0.29, 0.717) is 15.6 Å². The molecular weight excluding hydrogens is 612 g/mol. The van der Waals surface area contributed by atoms with E-state index in [-0.39, 0.29) is 55.9 Å². The van der Waals surface area contributed by atoms with Crippen molar-refractivity contribution in [3.63, 3.8) is 0 Å². The van der Waals surface area contributed by atoms with Crippen LogP contribution < -0.4 is 9.62 Å². The number of carbonyl (C=O) groups is 2. The standard InChI is InChI=1S/C32H36Cl2FN3O4S/c1-43(41,42)38(29-18-8-7-17-28(29)35)20-10-19-31(39)37(22-25-26(33)15-9-16-27(25)34)30(21-23-11-3-2-4-12-23)32(40)36-24-13-5-6-14-24/h2-4,7-9,11-12,15-18,24,30H,5-6,10,13-14,19-22H2,1H3,(H,36,40)/t30-/m0/s1. The largest absolute Gasteiger partial charge is 0.352 e. The molecule has 7 nitrogen and oxygen atoms in total. The number of halogens is 3. The van der Waals surface area contributed by atoms with Crippen molar-refractivity contribution in [2.24, 2.45) is 0 Å². The second kappa shape index (κ2) is 15.0. The molecule has 11 heteroatoms. The molecule has 0 heterocycles. The minimum absolute atomic E-state index is 0.0178. The summed E-state index contributed by atoms with van der Waals surface area (Å²) in [4.78, 5) is 29.3. The minimum Gasteiger partial charge on any atom is -0.352 e. The molecular formula is C32H36Cl2FN3O4S. The number of anilines is 1. The minimum atomic E-state index is -3.83. The molecule has 2 amide bonds. The van der Waals surface area contributed by atoms with Gasteiger partial charge < -0.3 is 10.2 Å². The van der Waals surface area contributed by atoms with E-state index >= 15 is 0 Å². The molecule has 0 bridgehead atoms. The van der Waals surface area contributed by atoms with Crippen LogP contribution in [-0.4, -0.2) is 50.0 Å². The van der Waals surface area contributed by atoms with Gasteiger partial charge in [0, 0.05) is 47.6 Å². The van der Waals surface area contributed by atoms with Gasteiger partial charge in [0.2, 0.25) is 21.8 Å². The third-order valence-electron chi connectivity index (χ3n) is 7.64. The summed E-state index contributed by atoms with van der Waals surface area (Å²) in [5, 5.41) is 3.87. The fourth-order valence-corrected chi connectivity index (χ4v) is 6.89. The number of amides is 2. The average Bonchev–Trinajstić information content (AvgIpc) is 3.48. The van der Waals surface area contributed by atoms with Gasteiger partial charge >= 0.3 is 0 Å². The molecule has 0 radical (unpaired) electrons.